The number of hydrazone groups is 1. The number of aromatic nitrogens is 4. The van der Waals surface area contributed by atoms with E-state index in [1.54, 1.807) is 18.2 Å². The fraction of sp³-hybridized carbons (Fsp3) is 0.167. The maximum Gasteiger partial charge on any atom is 0.332 e. The van der Waals surface area contributed by atoms with Crippen LogP contribution in [0.25, 0.3) is 17.2 Å². The number of allylic oxidation sites excluding steroid dienone is 1. The molecule has 1 aromatic carbocycles. The highest BCUT2D eigenvalue weighted by molar-refractivity contribution is 5.83. The molecule has 0 spiro atoms. The average molecular weight is 411 g/mol. The number of carbonyl (C=O) groups excluding carboxylic acids is 1. The van der Waals surface area contributed by atoms with Crippen LogP contribution in [0.3, 0.4) is 0 Å². The summed E-state index contributed by atoms with van der Waals surface area (Å²) in [6.45, 7) is -0.241. The van der Waals surface area contributed by atoms with Crippen LogP contribution in [-0.4, -0.2) is 35.7 Å². The standard InChI is InChI=1S/C18H17N7O5/c1-22-16-15(17(27)23(2)18(22)28)24(11-19-16)10-14(26)21-20-9-5-7-12-6-3-4-8-13(12)25(29)30/h3-9,11H,10H2,1-2H3,(H,21,26)/b7-5+,20-9?. The van der Waals surface area contributed by atoms with E-state index in [-0.39, 0.29) is 23.4 Å². The third-order valence-electron chi connectivity index (χ3n) is 4.29. The van der Waals surface area contributed by atoms with E-state index in [0.717, 1.165) is 4.57 Å². The average Bonchev–Trinajstić information content (AvgIpc) is 3.14. The van der Waals surface area contributed by atoms with Gasteiger partial charge in [-0.25, -0.2) is 15.2 Å². The zero-order valence-corrected chi connectivity index (χ0v) is 16.1. The lowest BCUT2D eigenvalue weighted by molar-refractivity contribution is -0.385. The van der Waals surface area contributed by atoms with E-state index in [0.29, 0.717) is 5.56 Å². The number of nitro groups is 1. The molecule has 2 aromatic heterocycles. The van der Waals surface area contributed by atoms with Gasteiger partial charge in [-0.05, 0) is 18.2 Å². The fourth-order valence-corrected chi connectivity index (χ4v) is 2.80. The number of nitrogens with zero attached hydrogens (tertiary/aromatic N) is 6. The Morgan fingerprint density at radius 1 is 1.27 bits per heavy atom. The number of hydrogen-bond donors (Lipinski definition) is 1. The summed E-state index contributed by atoms with van der Waals surface area (Å²) in [6, 6.07) is 6.20. The van der Waals surface area contributed by atoms with E-state index in [1.807, 2.05) is 0 Å². The summed E-state index contributed by atoms with van der Waals surface area (Å²) >= 11 is 0. The molecule has 0 unspecified atom stereocenters. The quantitative estimate of drug-likeness (QED) is 0.347. The van der Waals surface area contributed by atoms with Gasteiger partial charge < -0.3 is 4.57 Å². The van der Waals surface area contributed by atoms with Gasteiger partial charge in [0.1, 0.15) is 6.54 Å². The van der Waals surface area contributed by atoms with Crippen molar-refractivity contribution in [1.82, 2.24) is 24.1 Å². The molecular weight excluding hydrogens is 394 g/mol. The van der Waals surface area contributed by atoms with Gasteiger partial charge in [0, 0.05) is 26.4 Å². The number of nitrogens with one attached hydrogen (secondary N) is 1. The van der Waals surface area contributed by atoms with Crippen LogP contribution in [0.2, 0.25) is 0 Å². The van der Waals surface area contributed by atoms with Crippen LogP contribution in [0.5, 0.6) is 0 Å². The predicted molar refractivity (Wildman–Crippen MR) is 109 cm³/mol. The molecule has 154 valence electrons. The molecule has 12 nitrogen and oxygen atoms in total. The van der Waals surface area contributed by atoms with Crippen molar-refractivity contribution in [2.75, 3.05) is 0 Å². The van der Waals surface area contributed by atoms with Gasteiger partial charge in [0.05, 0.1) is 16.8 Å². The van der Waals surface area contributed by atoms with Crippen molar-refractivity contribution < 1.29 is 9.72 Å². The van der Waals surface area contributed by atoms with Gasteiger partial charge in [-0.3, -0.25) is 28.8 Å². The Balaban J connectivity index is 1.69. The summed E-state index contributed by atoms with van der Waals surface area (Å²) in [5, 5.41) is 14.7. The molecule has 0 saturated heterocycles. The second-order valence-electron chi connectivity index (χ2n) is 6.24. The first-order valence-corrected chi connectivity index (χ1v) is 8.64. The van der Waals surface area contributed by atoms with Gasteiger partial charge in [-0.1, -0.05) is 12.1 Å². The van der Waals surface area contributed by atoms with E-state index < -0.39 is 22.1 Å². The number of rotatable bonds is 6. The van der Waals surface area contributed by atoms with Crippen molar-refractivity contribution in [2.24, 2.45) is 19.2 Å². The van der Waals surface area contributed by atoms with Gasteiger partial charge in [-0.15, -0.1) is 0 Å². The maximum atomic E-state index is 12.3. The molecule has 0 saturated carbocycles. The van der Waals surface area contributed by atoms with Gasteiger partial charge in [0.15, 0.2) is 11.2 Å². The molecule has 12 heteroatoms. The summed E-state index contributed by atoms with van der Waals surface area (Å²) in [5.41, 5.74) is 1.85. The molecule has 3 aromatic rings. The van der Waals surface area contributed by atoms with Crippen LogP contribution in [0.4, 0.5) is 5.69 Å². The summed E-state index contributed by atoms with van der Waals surface area (Å²) in [7, 11) is 2.82. The lowest BCUT2D eigenvalue weighted by Gasteiger charge is -2.05. The Labute approximate surface area is 168 Å². The number of benzene rings is 1. The third kappa shape index (κ3) is 3.92. The first kappa shape index (κ1) is 20.4. The van der Waals surface area contributed by atoms with Crippen LogP contribution in [0.1, 0.15) is 5.56 Å². The summed E-state index contributed by atoms with van der Waals surface area (Å²) in [4.78, 5) is 50.9. The van der Waals surface area contributed by atoms with E-state index in [2.05, 4.69) is 15.5 Å². The first-order valence-electron chi connectivity index (χ1n) is 8.64. The highest BCUT2D eigenvalue weighted by Crippen LogP contribution is 2.18. The van der Waals surface area contributed by atoms with Crippen LogP contribution >= 0.6 is 0 Å². The third-order valence-corrected chi connectivity index (χ3v) is 4.29. The molecule has 0 fully saturated rings. The van der Waals surface area contributed by atoms with Crippen molar-refractivity contribution in [3.63, 3.8) is 0 Å². The van der Waals surface area contributed by atoms with Crippen LogP contribution < -0.4 is 16.7 Å². The molecule has 0 bridgehead atoms. The smallest absolute Gasteiger partial charge is 0.315 e. The van der Waals surface area contributed by atoms with Crippen molar-refractivity contribution in [1.29, 1.82) is 0 Å². The summed E-state index contributed by atoms with van der Waals surface area (Å²) in [6.07, 6.45) is 5.49. The zero-order chi connectivity index (χ0) is 21.8. The second kappa shape index (κ2) is 8.34. The lowest BCUT2D eigenvalue weighted by atomic mass is 10.2. The molecule has 0 aliphatic rings. The molecule has 0 aliphatic heterocycles. The Morgan fingerprint density at radius 3 is 2.73 bits per heavy atom. The molecule has 1 N–H and O–H groups in total. The minimum absolute atomic E-state index is 0.0471. The van der Waals surface area contributed by atoms with Crippen molar-refractivity contribution >= 4 is 35.0 Å². The Morgan fingerprint density at radius 2 is 2.00 bits per heavy atom. The molecule has 2 heterocycles. The minimum atomic E-state index is -0.561. The lowest BCUT2D eigenvalue weighted by Crippen LogP contribution is -2.38. The first-order chi connectivity index (χ1) is 14.3. The monoisotopic (exact) mass is 411 g/mol. The van der Waals surface area contributed by atoms with E-state index in [1.165, 1.54) is 54.0 Å². The highest BCUT2D eigenvalue weighted by Gasteiger charge is 2.15. The van der Waals surface area contributed by atoms with Gasteiger partial charge in [0.25, 0.3) is 17.2 Å². The summed E-state index contributed by atoms with van der Waals surface area (Å²) < 4.78 is 3.48. The van der Waals surface area contributed by atoms with Crippen LogP contribution in [0, 0.1) is 10.1 Å². The number of nitro benzene ring substituents is 1. The molecule has 0 atom stereocenters. The molecular formula is C18H17N7O5. The van der Waals surface area contributed by atoms with Gasteiger partial charge >= 0.3 is 5.69 Å². The number of imidazole rings is 1. The normalized spacial score (nSPS) is 11.5. The highest BCUT2D eigenvalue weighted by atomic mass is 16.6. The van der Waals surface area contributed by atoms with Crippen LogP contribution in [-0.2, 0) is 25.4 Å². The molecule has 0 radical (unpaired) electrons. The summed E-state index contributed by atoms with van der Waals surface area (Å²) in [5.74, 6) is -0.527. The topological polar surface area (TPSA) is 146 Å². The van der Waals surface area contributed by atoms with Crippen molar-refractivity contribution in [3.8, 4) is 0 Å². The molecule has 0 aliphatic carbocycles. The Kier molecular flexibility index (Phi) is 5.67. The van der Waals surface area contributed by atoms with E-state index in [4.69, 9.17) is 0 Å². The number of hydrogen-bond acceptors (Lipinski definition) is 7. The Bertz CT molecular complexity index is 1310. The van der Waals surface area contributed by atoms with E-state index in [9.17, 15) is 24.5 Å². The number of fused-ring (bicyclic) bond motifs is 1. The maximum absolute atomic E-state index is 12.3. The number of carbonyl (C=O) groups is 1. The Hall–Kier alpha value is -4.35. The number of para-hydroxylation sites is 1. The van der Waals surface area contributed by atoms with Gasteiger partial charge in [0.2, 0.25) is 0 Å². The minimum Gasteiger partial charge on any atom is -0.315 e. The zero-order valence-electron chi connectivity index (χ0n) is 16.1. The largest absolute Gasteiger partial charge is 0.332 e. The second-order valence-corrected chi connectivity index (χ2v) is 6.24. The molecule has 1 amide bonds. The van der Waals surface area contributed by atoms with Gasteiger partial charge in [-0.2, -0.15) is 5.10 Å². The number of aryl methyl sites for hydroxylation is 1. The van der Waals surface area contributed by atoms with E-state index >= 15 is 0 Å². The molecule has 3 rings (SSSR count). The molecule has 30 heavy (non-hydrogen) atoms. The fourth-order valence-electron chi connectivity index (χ4n) is 2.80. The van der Waals surface area contributed by atoms with Crippen molar-refractivity contribution in [2.45, 2.75) is 6.54 Å². The predicted octanol–water partition coefficient (Wildman–Crippen LogP) is 0.157. The van der Waals surface area contributed by atoms with Crippen molar-refractivity contribution in [3.05, 3.63) is 73.2 Å². The van der Waals surface area contributed by atoms with Crippen LogP contribution in [0.15, 0.2) is 51.4 Å². The number of amides is 1. The SMILES string of the molecule is Cn1c(=O)c2c(ncn2CC(=O)NN=C/C=C/c2ccccc2[N+](=O)[O-])n(C)c1=O.